The van der Waals surface area contributed by atoms with Crippen molar-refractivity contribution in [1.29, 1.82) is 0 Å². The largest absolute Gasteiger partial charge is 0.497 e. The summed E-state index contributed by atoms with van der Waals surface area (Å²) in [5.74, 6) is -3.75. The van der Waals surface area contributed by atoms with E-state index in [9.17, 15) is 44.3 Å². The van der Waals surface area contributed by atoms with Gasteiger partial charge in [0.15, 0.2) is 16.4 Å². The summed E-state index contributed by atoms with van der Waals surface area (Å²) in [7, 11) is -4.31. The zero-order valence-corrected chi connectivity index (χ0v) is 20.4. The molecule has 2 aliphatic rings. The number of nitrogens with one attached hydrogen (secondary N) is 1. The molecule has 14 heteroatoms. The molecule has 0 unspecified atom stereocenters. The zero-order chi connectivity index (χ0) is 27.2. The van der Waals surface area contributed by atoms with Gasteiger partial charge in [0, 0.05) is 18.9 Å². The van der Waals surface area contributed by atoms with Crippen LogP contribution in [0, 0.1) is 5.92 Å². The van der Waals surface area contributed by atoms with Gasteiger partial charge < -0.3 is 5.32 Å². The van der Waals surface area contributed by atoms with Crippen molar-refractivity contribution >= 4 is 21.7 Å². The predicted molar refractivity (Wildman–Crippen MR) is 114 cm³/mol. The molecule has 7 nitrogen and oxygen atoms in total. The Morgan fingerprint density at radius 1 is 1.03 bits per heavy atom. The smallest absolute Gasteiger partial charge is 0.348 e. The first-order chi connectivity index (χ1) is 16.4. The van der Waals surface area contributed by atoms with Crippen molar-refractivity contribution in [2.24, 2.45) is 5.92 Å². The van der Waals surface area contributed by atoms with Gasteiger partial charge in [0.05, 0.1) is 15.2 Å². The lowest BCUT2D eigenvalue weighted by Gasteiger charge is -2.43. The molecule has 1 aromatic rings. The minimum atomic E-state index is -5.29. The normalized spacial score (nSPS) is 23.7. The number of piperidine rings is 1. The highest BCUT2D eigenvalue weighted by molar-refractivity contribution is 7.92. The van der Waals surface area contributed by atoms with Crippen LogP contribution >= 0.6 is 0 Å². The van der Waals surface area contributed by atoms with E-state index in [1.54, 1.807) is 0 Å². The van der Waals surface area contributed by atoms with Gasteiger partial charge in [0.2, 0.25) is 0 Å². The van der Waals surface area contributed by atoms with Crippen LogP contribution in [-0.4, -0.2) is 61.5 Å². The average Bonchev–Trinajstić information content (AvgIpc) is 3.56. The van der Waals surface area contributed by atoms with Crippen LogP contribution in [0.2, 0.25) is 0 Å². The second-order valence-electron chi connectivity index (χ2n) is 9.79. The lowest BCUT2D eigenvalue weighted by atomic mass is 9.85. The Bertz CT molecular complexity index is 1100. The molecule has 2 fully saturated rings. The summed E-state index contributed by atoms with van der Waals surface area (Å²) in [6.45, 7) is 1.58. The molecular weight excluding hydrogens is 518 g/mol. The standard InChI is InChI=1S/C22H26F6N2O5S/c1-20(2,36(33,34)17-5-3-4-15(12-17)21(23,24)25)14-8-10-30(11-9-14,35-19(32)22(26,27)28)13-18(31)29-16-6-7-16/h3-5,12,14,16H,6-11,13H2,1-2H3/p+1. The van der Waals surface area contributed by atoms with E-state index >= 15 is 0 Å². The Morgan fingerprint density at radius 3 is 2.11 bits per heavy atom. The molecule has 1 aliphatic heterocycles. The second-order valence-corrected chi connectivity index (χ2v) is 12.3. The minimum absolute atomic E-state index is 0.0486. The van der Waals surface area contributed by atoms with Gasteiger partial charge in [-0.15, -0.1) is 4.65 Å². The van der Waals surface area contributed by atoms with Crippen LogP contribution < -0.4 is 5.32 Å². The molecule has 1 saturated heterocycles. The molecule has 3 rings (SSSR count). The Morgan fingerprint density at radius 2 is 1.61 bits per heavy atom. The molecule has 0 radical (unpaired) electrons. The summed E-state index contributed by atoms with van der Waals surface area (Å²) in [4.78, 5) is 28.2. The maximum absolute atomic E-state index is 13.3. The molecule has 1 amide bonds. The van der Waals surface area contributed by atoms with Crippen molar-refractivity contribution in [2.45, 2.75) is 67.6 Å². The molecule has 0 atom stereocenters. The highest BCUT2D eigenvalue weighted by atomic mass is 32.2. The summed E-state index contributed by atoms with van der Waals surface area (Å²) in [5.41, 5.74) is -1.13. The fraction of sp³-hybridized carbons (Fsp3) is 0.636. The van der Waals surface area contributed by atoms with Crippen molar-refractivity contribution in [3.8, 4) is 0 Å². The van der Waals surface area contributed by atoms with Gasteiger partial charge in [-0.2, -0.15) is 26.3 Å². The quantitative estimate of drug-likeness (QED) is 0.416. The van der Waals surface area contributed by atoms with Crippen molar-refractivity contribution in [2.75, 3.05) is 19.6 Å². The predicted octanol–water partition coefficient (Wildman–Crippen LogP) is 3.78. The van der Waals surface area contributed by atoms with Gasteiger partial charge in [-0.3, -0.25) is 9.63 Å². The highest BCUT2D eigenvalue weighted by Gasteiger charge is 2.53. The SMILES string of the molecule is CC(C)(C1CC[N+](CC(=O)NC2CC2)(OC(=O)C(F)(F)F)CC1)S(=O)(=O)c1cccc(C(F)(F)F)c1. The first-order valence-electron chi connectivity index (χ1n) is 11.3. The van der Waals surface area contributed by atoms with Gasteiger partial charge in [-0.05, 0) is 50.8 Å². The number of amides is 1. The Hall–Kier alpha value is -2.35. The monoisotopic (exact) mass is 545 g/mol. The third kappa shape index (κ3) is 6.13. The first-order valence-corrected chi connectivity index (χ1v) is 12.7. The van der Waals surface area contributed by atoms with Gasteiger partial charge in [0.1, 0.15) is 13.1 Å². The number of hydrogen-bond acceptors (Lipinski definition) is 5. The number of hydroxylamine groups is 3. The van der Waals surface area contributed by atoms with Crippen LogP contribution in [0.4, 0.5) is 26.3 Å². The summed E-state index contributed by atoms with van der Waals surface area (Å²) >= 11 is 0. The molecule has 1 N–H and O–H groups in total. The molecule has 1 aliphatic carbocycles. The minimum Gasteiger partial charge on any atom is -0.348 e. The number of likely N-dealkylation sites (tertiary alicyclic amines) is 1. The van der Waals surface area contributed by atoms with E-state index in [0.29, 0.717) is 6.07 Å². The summed E-state index contributed by atoms with van der Waals surface area (Å²) < 4.78 is 102. The number of alkyl halides is 6. The van der Waals surface area contributed by atoms with Crippen LogP contribution in [0.15, 0.2) is 29.2 Å². The third-order valence-electron chi connectivity index (χ3n) is 6.80. The molecule has 202 valence electrons. The third-order valence-corrected chi connectivity index (χ3v) is 9.39. The van der Waals surface area contributed by atoms with Gasteiger partial charge in [-0.25, -0.2) is 13.2 Å². The van der Waals surface area contributed by atoms with Crippen LogP contribution in [0.1, 0.15) is 45.1 Å². The number of carbonyl (C=O) groups excluding carboxylic acids is 2. The summed E-state index contributed by atoms with van der Waals surface area (Å²) in [5, 5.41) is 2.63. The van der Waals surface area contributed by atoms with E-state index in [4.69, 9.17) is 4.84 Å². The maximum atomic E-state index is 13.3. The Labute approximate surface area is 204 Å². The summed E-state index contributed by atoms with van der Waals surface area (Å²) in [6.07, 6.45) is -8.67. The Balaban J connectivity index is 1.81. The maximum Gasteiger partial charge on any atom is 0.497 e. The number of sulfone groups is 1. The van der Waals surface area contributed by atoms with E-state index in [2.05, 4.69) is 5.32 Å². The summed E-state index contributed by atoms with van der Waals surface area (Å²) in [6, 6.07) is 3.27. The number of quaternary nitrogens is 1. The number of hydrogen-bond donors (Lipinski definition) is 1. The van der Waals surface area contributed by atoms with E-state index in [-0.39, 0.29) is 32.0 Å². The van der Waals surface area contributed by atoms with E-state index in [1.165, 1.54) is 13.8 Å². The van der Waals surface area contributed by atoms with Crippen molar-refractivity contribution in [3.63, 3.8) is 0 Å². The molecule has 1 heterocycles. The number of carbonyl (C=O) groups is 2. The molecule has 0 spiro atoms. The zero-order valence-electron chi connectivity index (χ0n) is 19.6. The van der Waals surface area contributed by atoms with Crippen LogP contribution in [0.5, 0.6) is 0 Å². The van der Waals surface area contributed by atoms with Crippen molar-refractivity contribution in [3.05, 3.63) is 29.8 Å². The molecule has 36 heavy (non-hydrogen) atoms. The van der Waals surface area contributed by atoms with Crippen molar-refractivity contribution in [1.82, 2.24) is 5.32 Å². The molecule has 1 aromatic carbocycles. The lowest BCUT2D eigenvalue weighted by molar-refractivity contribution is -1.09. The molecule has 0 aromatic heterocycles. The van der Waals surface area contributed by atoms with Gasteiger partial charge >= 0.3 is 18.3 Å². The van der Waals surface area contributed by atoms with Crippen molar-refractivity contribution < 1.29 is 53.8 Å². The van der Waals surface area contributed by atoms with Crippen LogP contribution in [0.25, 0.3) is 0 Å². The van der Waals surface area contributed by atoms with Crippen LogP contribution in [-0.2, 0) is 30.4 Å². The number of rotatable bonds is 7. The number of nitrogens with zero attached hydrogens (tertiary/aromatic N) is 1. The second kappa shape index (κ2) is 9.51. The highest BCUT2D eigenvalue weighted by Crippen LogP contribution is 2.41. The molecule has 1 saturated carbocycles. The lowest BCUT2D eigenvalue weighted by Crippen LogP contribution is -2.61. The Kier molecular flexibility index (Phi) is 7.45. The fourth-order valence-corrected chi connectivity index (χ4v) is 6.19. The number of halogens is 6. The van der Waals surface area contributed by atoms with E-state index in [0.717, 1.165) is 31.0 Å². The fourth-order valence-electron chi connectivity index (χ4n) is 4.37. The number of benzene rings is 1. The van der Waals surface area contributed by atoms with Gasteiger partial charge in [-0.1, -0.05) is 6.07 Å². The first kappa shape index (κ1) is 28.2. The molecular formula is C22H27F6N2O5S+. The topological polar surface area (TPSA) is 89.5 Å². The molecule has 0 bridgehead atoms. The van der Waals surface area contributed by atoms with E-state index in [1.807, 2.05) is 0 Å². The van der Waals surface area contributed by atoms with Crippen LogP contribution in [0.3, 0.4) is 0 Å². The average molecular weight is 546 g/mol. The van der Waals surface area contributed by atoms with Gasteiger partial charge in [0.25, 0.3) is 5.91 Å². The van der Waals surface area contributed by atoms with E-state index < -0.39 is 66.4 Å².